The first kappa shape index (κ1) is 25.1. The highest BCUT2D eigenvalue weighted by Crippen LogP contribution is 2.27. The summed E-state index contributed by atoms with van der Waals surface area (Å²) in [7, 11) is 0. The molecule has 188 valence electrons. The SMILES string of the molecule is N#Cc1ccc(C(=O)N2Cc3c(ncn3Cc3ccccc3[N+](=O)[O-])CC2C(=O)NCCC(=O)O)cc1. The van der Waals surface area contributed by atoms with Gasteiger partial charge in [0.25, 0.3) is 11.6 Å². The minimum Gasteiger partial charge on any atom is -0.481 e. The third-order valence-electron chi connectivity index (χ3n) is 6.11. The van der Waals surface area contributed by atoms with Gasteiger partial charge in [0.15, 0.2) is 0 Å². The lowest BCUT2D eigenvalue weighted by atomic mass is 9.99. The summed E-state index contributed by atoms with van der Waals surface area (Å²) in [6.07, 6.45) is 1.34. The van der Waals surface area contributed by atoms with E-state index in [-0.39, 0.29) is 43.7 Å². The first-order valence-electron chi connectivity index (χ1n) is 11.3. The van der Waals surface area contributed by atoms with E-state index >= 15 is 0 Å². The number of benzene rings is 2. The lowest BCUT2D eigenvalue weighted by Crippen LogP contribution is -2.53. The summed E-state index contributed by atoms with van der Waals surface area (Å²) in [6.45, 7) is 0.0577. The van der Waals surface area contributed by atoms with E-state index in [0.717, 1.165) is 0 Å². The summed E-state index contributed by atoms with van der Waals surface area (Å²) in [5.74, 6) is -2.03. The molecule has 1 aromatic heterocycles. The molecule has 0 saturated carbocycles. The van der Waals surface area contributed by atoms with E-state index in [2.05, 4.69) is 10.3 Å². The van der Waals surface area contributed by atoms with Crippen LogP contribution in [-0.2, 0) is 29.1 Å². The molecular formula is C25H22N6O6. The van der Waals surface area contributed by atoms with Crippen LogP contribution in [0.3, 0.4) is 0 Å². The number of aliphatic carboxylic acids is 1. The normalized spacial score (nSPS) is 14.4. The van der Waals surface area contributed by atoms with Crippen molar-refractivity contribution in [2.45, 2.75) is 32.0 Å². The number of para-hydroxylation sites is 1. The van der Waals surface area contributed by atoms with Gasteiger partial charge < -0.3 is 19.9 Å². The topological polar surface area (TPSA) is 171 Å². The van der Waals surface area contributed by atoms with Crippen molar-refractivity contribution >= 4 is 23.5 Å². The second-order valence-electron chi connectivity index (χ2n) is 8.43. The number of carboxylic acid groups (broad SMARTS) is 1. The number of hydrogen-bond donors (Lipinski definition) is 2. The van der Waals surface area contributed by atoms with Crippen LogP contribution in [0.4, 0.5) is 5.69 Å². The van der Waals surface area contributed by atoms with Crippen molar-refractivity contribution in [3.8, 4) is 6.07 Å². The van der Waals surface area contributed by atoms with Crippen molar-refractivity contribution in [1.29, 1.82) is 5.26 Å². The molecule has 37 heavy (non-hydrogen) atoms. The smallest absolute Gasteiger partial charge is 0.305 e. The van der Waals surface area contributed by atoms with Gasteiger partial charge in [0.05, 0.1) is 53.8 Å². The number of nitriles is 1. The van der Waals surface area contributed by atoms with Crippen molar-refractivity contribution in [2.75, 3.05) is 6.54 Å². The Morgan fingerprint density at radius 1 is 1.19 bits per heavy atom. The number of imidazole rings is 1. The van der Waals surface area contributed by atoms with Gasteiger partial charge in [0, 0.05) is 30.2 Å². The fourth-order valence-electron chi connectivity index (χ4n) is 4.22. The molecule has 1 unspecified atom stereocenters. The first-order valence-corrected chi connectivity index (χ1v) is 11.3. The minimum atomic E-state index is -1.06. The number of nitro benzene ring substituents is 1. The van der Waals surface area contributed by atoms with Gasteiger partial charge in [-0.05, 0) is 24.3 Å². The Morgan fingerprint density at radius 3 is 2.59 bits per heavy atom. The van der Waals surface area contributed by atoms with E-state index in [0.29, 0.717) is 22.5 Å². The van der Waals surface area contributed by atoms with Gasteiger partial charge in [-0.25, -0.2) is 4.98 Å². The number of nitrogens with one attached hydrogen (secondary N) is 1. The number of amides is 2. The number of rotatable bonds is 8. The van der Waals surface area contributed by atoms with E-state index in [9.17, 15) is 24.5 Å². The maximum Gasteiger partial charge on any atom is 0.305 e. The zero-order chi connectivity index (χ0) is 26.5. The van der Waals surface area contributed by atoms with Crippen molar-refractivity contribution in [2.24, 2.45) is 0 Å². The van der Waals surface area contributed by atoms with Crippen LogP contribution in [0.2, 0.25) is 0 Å². The summed E-state index contributed by atoms with van der Waals surface area (Å²) < 4.78 is 1.72. The van der Waals surface area contributed by atoms with E-state index in [1.54, 1.807) is 22.8 Å². The van der Waals surface area contributed by atoms with Crippen LogP contribution in [0.5, 0.6) is 0 Å². The van der Waals surface area contributed by atoms with Crippen LogP contribution in [-0.4, -0.2) is 54.9 Å². The highest BCUT2D eigenvalue weighted by Gasteiger charge is 2.37. The molecule has 0 fully saturated rings. The molecule has 0 spiro atoms. The van der Waals surface area contributed by atoms with Crippen LogP contribution in [0.15, 0.2) is 54.9 Å². The number of hydrogen-bond acceptors (Lipinski definition) is 7. The van der Waals surface area contributed by atoms with Crippen LogP contribution in [0.25, 0.3) is 0 Å². The summed E-state index contributed by atoms with van der Waals surface area (Å²) in [5.41, 5.74) is 2.28. The molecule has 12 nitrogen and oxygen atoms in total. The molecule has 0 aliphatic carbocycles. The van der Waals surface area contributed by atoms with E-state index in [1.807, 2.05) is 6.07 Å². The molecule has 2 aromatic carbocycles. The Labute approximate surface area is 210 Å². The molecule has 12 heteroatoms. The molecule has 4 rings (SSSR count). The maximum atomic E-state index is 13.5. The number of carboxylic acids is 1. The Kier molecular flexibility index (Phi) is 7.24. The van der Waals surface area contributed by atoms with Gasteiger partial charge in [-0.2, -0.15) is 5.26 Å². The predicted molar refractivity (Wildman–Crippen MR) is 128 cm³/mol. The van der Waals surface area contributed by atoms with E-state index in [4.69, 9.17) is 10.4 Å². The lowest BCUT2D eigenvalue weighted by molar-refractivity contribution is -0.385. The van der Waals surface area contributed by atoms with E-state index < -0.39 is 28.7 Å². The molecule has 1 atom stereocenters. The average Bonchev–Trinajstić information content (AvgIpc) is 3.29. The first-order chi connectivity index (χ1) is 17.8. The van der Waals surface area contributed by atoms with Crippen molar-refractivity contribution in [1.82, 2.24) is 19.8 Å². The zero-order valence-corrected chi connectivity index (χ0v) is 19.5. The molecule has 0 radical (unpaired) electrons. The summed E-state index contributed by atoms with van der Waals surface area (Å²) in [5, 5.41) is 32.0. The van der Waals surface area contributed by atoms with Gasteiger partial charge in [0.1, 0.15) is 6.04 Å². The fourth-order valence-corrected chi connectivity index (χ4v) is 4.22. The summed E-state index contributed by atoms with van der Waals surface area (Å²) in [6, 6.07) is 13.4. The number of carbonyl (C=O) groups is 3. The van der Waals surface area contributed by atoms with Crippen LogP contribution >= 0.6 is 0 Å². The van der Waals surface area contributed by atoms with Gasteiger partial charge in [-0.15, -0.1) is 0 Å². The van der Waals surface area contributed by atoms with Crippen LogP contribution in [0.1, 0.15) is 39.3 Å². The summed E-state index contributed by atoms with van der Waals surface area (Å²) >= 11 is 0. The van der Waals surface area contributed by atoms with E-state index in [1.165, 1.54) is 41.6 Å². The average molecular weight is 502 g/mol. The van der Waals surface area contributed by atoms with Crippen molar-refractivity contribution in [3.63, 3.8) is 0 Å². The molecule has 2 amide bonds. The van der Waals surface area contributed by atoms with Crippen molar-refractivity contribution < 1.29 is 24.4 Å². The van der Waals surface area contributed by atoms with Gasteiger partial charge in [-0.3, -0.25) is 24.5 Å². The predicted octanol–water partition coefficient (Wildman–Crippen LogP) is 1.87. The molecule has 0 bridgehead atoms. The third kappa shape index (κ3) is 5.46. The highest BCUT2D eigenvalue weighted by molar-refractivity contribution is 5.98. The third-order valence-corrected chi connectivity index (χ3v) is 6.11. The van der Waals surface area contributed by atoms with Gasteiger partial charge in [-0.1, -0.05) is 18.2 Å². The van der Waals surface area contributed by atoms with Gasteiger partial charge in [0.2, 0.25) is 5.91 Å². The maximum absolute atomic E-state index is 13.5. The Hall–Kier alpha value is -5.05. The molecule has 2 N–H and O–H groups in total. The molecule has 3 aromatic rings. The van der Waals surface area contributed by atoms with Gasteiger partial charge >= 0.3 is 5.97 Å². The molecule has 2 heterocycles. The number of nitrogens with zero attached hydrogens (tertiary/aromatic N) is 5. The fraction of sp³-hybridized carbons (Fsp3) is 0.240. The summed E-state index contributed by atoms with van der Waals surface area (Å²) in [4.78, 5) is 54.1. The Morgan fingerprint density at radius 2 is 1.92 bits per heavy atom. The molecular weight excluding hydrogens is 480 g/mol. The Bertz CT molecular complexity index is 1410. The molecule has 1 aliphatic rings. The van der Waals surface area contributed by atoms with Crippen LogP contribution in [0, 0.1) is 21.4 Å². The zero-order valence-electron chi connectivity index (χ0n) is 19.5. The standard InChI is InChI=1S/C25H22N6O6/c26-12-16-5-7-17(8-6-16)25(35)30-14-22-19(11-21(30)24(34)27-10-9-23(32)33)28-15-29(22)13-18-3-1-2-4-20(18)31(36)37/h1-8,15,21H,9-11,13-14H2,(H,27,34)(H,32,33). The lowest BCUT2D eigenvalue weighted by Gasteiger charge is -2.35. The van der Waals surface area contributed by atoms with Crippen molar-refractivity contribution in [3.05, 3.63) is 93.1 Å². The number of aromatic nitrogens is 2. The highest BCUT2D eigenvalue weighted by atomic mass is 16.6. The number of nitro groups is 1. The second-order valence-corrected chi connectivity index (χ2v) is 8.43. The number of fused-ring (bicyclic) bond motifs is 1. The monoisotopic (exact) mass is 502 g/mol. The van der Waals surface area contributed by atoms with Crippen LogP contribution < -0.4 is 5.32 Å². The minimum absolute atomic E-state index is 0.00577. The Balaban J connectivity index is 1.65. The number of carbonyl (C=O) groups excluding carboxylic acids is 2. The molecule has 0 saturated heterocycles. The molecule has 1 aliphatic heterocycles. The second kappa shape index (κ2) is 10.7. The quantitative estimate of drug-likeness (QED) is 0.347. The largest absolute Gasteiger partial charge is 0.481 e.